The van der Waals surface area contributed by atoms with Crippen LogP contribution in [0.4, 0.5) is 13.2 Å². The average molecular weight is 541 g/mol. The van der Waals surface area contributed by atoms with Crippen LogP contribution in [-0.2, 0) is 15.1 Å². The maximum absolute atomic E-state index is 12.9. The number of aromatic nitrogens is 2. The molecule has 13 heteroatoms. The molecular formula is C24H24ClF3N4O5. The number of halogens is 4. The van der Waals surface area contributed by atoms with Crippen molar-refractivity contribution < 1.29 is 37.3 Å². The number of carbonyl (C=O) groups excluding carboxylic acids is 2. The summed E-state index contributed by atoms with van der Waals surface area (Å²) < 4.78 is 49.1. The van der Waals surface area contributed by atoms with Gasteiger partial charge in [0.1, 0.15) is 11.4 Å². The summed E-state index contributed by atoms with van der Waals surface area (Å²) in [4.78, 5) is 31.2. The zero-order valence-electron chi connectivity index (χ0n) is 19.5. The molecular weight excluding hydrogens is 517 g/mol. The van der Waals surface area contributed by atoms with Gasteiger partial charge in [-0.05, 0) is 43.9 Å². The number of ether oxygens (including phenoxy) is 2. The number of hydrogen-bond donors (Lipinski definition) is 2. The molecule has 2 amide bonds. The van der Waals surface area contributed by atoms with E-state index in [1.807, 2.05) is 4.57 Å². The third-order valence-electron chi connectivity index (χ3n) is 7.80. The first-order chi connectivity index (χ1) is 17.4. The summed E-state index contributed by atoms with van der Waals surface area (Å²) >= 11 is 5.99. The molecule has 1 aromatic heterocycles. The van der Waals surface area contributed by atoms with Crippen LogP contribution in [0.3, 0.4) is 0 Å². The van der Waals surface area contributed by atoms with Gasteiger partial charge in [-0.25, -0.2) is 4.98 Å². The van der Waals surface area contributed by atoms with Gasteiger partial charge in [-0.1, -0.05) is 11.6 Å². The number of amides is 2. The fourth-order valence-electron chi connectivity index (χ4n) is 6.11. The van der Waals surface area contributed by atoms with Crippen LogP contribution in [0.15, 0.2) is 30.7 Å². The smallest absolute Gasteiger partial charge is 0.480 e. The van der Waals surface area contributed by atoms with Crippen molar-refractivity contribution in [3.63, 3.8) is 0 Å². The molecule has 7 rings (SSSR count). The number of aliphatic hydroxyl groups excluding tert-OH is 1. The number of hydrogen-bond acceptors (Lipinski definition) is 6. The quantitative estimate of drug-likeness (QED) is 0.604. The zero-order valence-corrected chi connectivity index (χ0v) is 20.3. The van der Waals surface area contributed by atoms with Gasteiger partial charge in [-0.3, -0.25) is 14.3 Å². The van der Waals surface area contributed by atoms with Crippen molar-refractivity contribution in [2.75, 3.05) is 13.1 Å². The number of nitrogens with one attached hydrogen (secondary N) is 1. The maximum Gasteiger partial charge on any atom is 0.522 e. The Morgan fingerprint density at radius 3 is 2.76 bits per heavy atom. The molecule has 2 N–H and O–H groups in total. The van der Waals surface area contributed by atoms with Crippen molar-refractivity contribution in [1.82, 2.24) is 19.8 Å². The molecule has 3 saturated carbocycles. The lowest BCUT2D eigenvalue weighted by molar-refractivity contribution is -0.340. The number of rotatable bonds is 5. The number of aliphatic hydroxyl groups is 1. The highest BCUT2D eigenvalue weighted by atomic mass is 35.5. The van der Waals surface area contributed by atoms with E-state index in [2.05, 4.69) is 15.0 Å². The normalized spacial score (nSPS) is 32.1. The number of benzene rings is 1. The maximum atomic E-state index is 12.9. The van der Waals surface area contributed by atoms with Crippen LogP contribution in [0, 0.1) is 0 Å². The Balaban J connectivity index is 1.04. The average Bonchev–Trinajstić information content (AvgIpc) is 3.44. The van der Waals surface area contributed by atoms with E-state index in [1.54, 1.807) is 30.7 Å². The number of alkyl halides is 3. The zero-order chi connectivity index (χ0) is 26.2. The molecule has 2 aliphatic heterocycles. The molecule has 0 radical (unpaired) electrons. The van der Waals surface area contributed by atoms with Crippen molar-refractivity contribution in [2.24, 2.45) is 0 Å². The van der Waals surface area contributed by atoms with E-state index >= 15 is 0 Å². The second-order valence-electron chi connectivity index (χ2n) is 10.5. The summed E-state index contributed by atoms with van der Waals surface area (Å²) in [5, 5.41) is 14.0. The van der Waals surface area contributed by atoms with Crippen LogP contribution < -0.4 is 10.1 Å². The van der Waals surface area contributed by atoms with Gasteiger partial charge in [0.15, 0.2) is 6.10 Å². The molecule has 3 aliphatic carbocycles. The summed E-state index contributed by atoms with van der Waals surface area (Å²) in [6.07, 6.45) is -2.11. The minimum Gasteiger partial charge on any atom is -0.480 e. The molecule has 9 nitrogen and oxygen atoms in total. The molecule has 2 aromatic rings. The van der Waals surface area contributed by atoms with Crippen molar-refractivity contribution >= 4 is 23.4 Å². The Kier molecular flexibility index (Phi) is 5.52. The molecule has 37 heavy (non-hydrogen) atoms. The number of likely N-dealkylation sites (tertiary alicyclic amines) is 1. The van der Waals surface area contributed by atoms with Crippen LogP contribution in [0.5, 0.6) is 5.75 Å². The monoisotopic (exact) mass is 540 g/mol. The topological polar surface area (TPSA) is 106 Å². The van der Waals surface area contributed by atoms with Gasteiger partial charge in [-0.2, -0.15) is 0 Å². The molecule has 4 fully saturated rings. The lowest BCUT2D eigenvalue weighted by atomic mass is 9.44. The molecule has 3 atom stereocenters. The number of imidazole rings is 1. The largest absolute Gasteiger partial charge is 0.522 e. The fourth-order valence-corrected chi connectivity index (χ4v) is 6.29. The van der Waals surface area contributed by atoms with Crippen LogP contribution >= 0.6 is 11.6 Å². The Morgan fingerprint density at radius 1 is 1.27 bits per heavy atom. The van der Waals surface area contributed by atoms with E-state index in [1.165, 1.54) is 4.90 Å². The minimum absolute atomic E-state index is 0.110. The standard InChI is InChI=1S/C24H24ClF3N4O5/c25-13-1-2-18-15(5-13)17(33)6-19(36-18)20(34)30-22-9-23(10-22,11-22)32-8-16(29-12-32)21(35)31-4-3-14(7-31)37-24(26,27)28/h1-2,5,8,12,14,17,19,33H,3-4,6-7,9-11H2,(H,30,34)/t14-,17-,19-,22?,23?/m1/s1. The predicted molar refractivity (Wildman–Crippen MR) is 122 cm³/mol. The lowest BCUT2D eigenvalue weighted by Gasteiger charge is -2.70. The molecule has 1 saturated heterocycles. The second kappa shape index (κ2) is 8.34. The molecule has 5 aliphatic rings. The SMILES string of the molecule is O=C(NC12CC(n3cnc(C(=O)N4CC[C@@H](OC(F)(F)F)C4)c3)(C1)C2)[C@H]1C[C@@H](O)c2cc(Cl)ccc2O1. The van der Waals surface area contributed by atoms with Crippen LogP contribution in [0.2, 0.25) is 5.02 Å². The summed E-state index contributed by atoms with van der Waals surface area (Å²) in [6.45, 7) is 0.0309. The minimum atomic E-state index is -4.73. The predicted octanol–water partition coefficient (Wildman–Crippen LogP) is 2.92. The Bertz CT molecular complexity index is 1250. The van der Waals surface area contributed by atoms with Crippen LogP contribution in [0.1, 0.15) is 54.3 Å². The highest BCUT2D eigenvalue weighted by Crippen LogP contribution is 2.65. The van der Waals surface area contributed by atoms with Crippen molar-refractivity contribution in [3.8, 4) is 5.75 Å². The molecule has 1 aromatic carbocycles. The van der Waals surface area contributed by atoms with Crippen LogP contribution in [-0.4, -0.2) is 68.6 Å². The molecule has 2 bridgehead atoms. The van der Waals surface area contributed by atoms with E-state index in [0.29, 0.717) is 35.6 Å². The van der Waals surface area contributed by atoms with Crippen molar-refractivity contribution in [3.05, 3.63) is 47.0 Å². The third kappa shape index (κ3) is 4.34. The van der Waals surface area contributed by atoms with Crippen molar-refractivity contribution in [1.29, 1.82) is 0 Å². The van der Waals surface area contributed by atoms with E-state index in [9.17, 15) is 27.9 Å². The first kappa shape index (κ1) is 24.5. The highest BCUT2D eigenvalue weighted by Gasteiger charge is 2.70. The summed E-state index contributed by atoms with van der Waals surface area (Å²) in [7, 11) is 0. The van der Waals surface area contributed by atoms with Gasteiger partial charge >= 0.3 is 6.36 Å². The molecule has 3 heterocycles. The van der Waals surface area contributed by atoms with Crippen LogP contribution in [0.25, 0.3) is 0 Å². The Morgan fingerprint density at radius 2 is 2.03 bits per heavy atom. The van der Waals surface area contributed by atoms with Gasteiger partial charge < -0.3 is 24.6 Å². The van der Waals surface area contributed by atoms with E-state index < -0.39 is 30.6 Å². The molecule has 198 valence electrons. The van der Waals surface area contributed by atoms with Gasteiger partial charge in [0.05, 0.1) is 24.1 Å². The van der Waals surface area contributed by atoms with Gasteiger partial charge in [-0.15, -0.1) is 13.2 Å². The third-order valence-corrected chi connectivity index (χ3v) is 8.04. The number of nitrogens with zero attached hydrogens (tertiary/aromatic N) is 3. The first-order valence-electron chi connectivity index (χ1n) is 12.0. The van der Waals surface area contributed by atoms with E-state index in [0.717, 1.165) is 0 Å². The van der Waals surface area contributed by atoms with Gasteiger partial charge in [0.2, 0.25) is 0 Å². The lowest BCUT2D eigenvalue weighted by Crippen LogP contribution is -2.79. The number of fused-ring (bicyclic) bond motifs is 1. The van der Waals surface area contributed by atoms with Crippen molar-refractivity contribution in [2.45, 2.75) is 67.9 Å². The van der Waals surface area contributed by atoms with E-state index in [4.69, 9.17) is 16.3 Å². The molecule has 0 spiro atoms. The Hall–Kier alpha value is -2.83. The van der Waals surface area contributed by atoms with E-state index in [-0.39, 0.29) is 48.6 Å². The Labute approximate surface area is 214 Å². The van der Waals surface area contributed by atoms with Gasteiger partial charge in [0.25, 0.3) is 11.8 Å². The molecule has 0 unspecified atom stereocenters. The fraction of sp³-hybridized carbons (Fsp3) is 0.542. The number of carbonyl (C=O) groups is 2. The first-order valence-corrected chi connectivity index (χ1v) is 12.4. The summed E-state index contributed by atoms with van der Waals surface area (Å²) in [6, 6.07) is 4.91. The van der Waals surface area contributed by atoms with Gasteiger partial charge in [0, 0.05) is 41.8 Å². The second-order valence-corrected chi connectivity index (χ2v) is 10.9. The highest BCUT2D eigenvalue weighted by molar-refractivity contribution is 6.30. The summed E-state index contributed by atoms with van der Waals surface area (Å²) in [5.74, 6) is -0.294. The summed E-state index contributed by atoms with van der Waals surface area (Å²) in [5.41, 5.74) is 0.0850.